The minimum absolute atomic E-state index is 0.0289. The fourth-order valence-corrected chi connectivity index (χ4v) is 1.68. The van der Waals surface area contributed by atoms with Crippen molar-refractivity contribution in [2.75, 3.05) is 5.32 Å². The molecule has 5 nitrogen and oxygen atoms in total. The minimum atomic E-state index is -1.08. The maximum Gasteiger partial charge on any atom is 0.337 e. The normalized spacial score (nSPS) is 10.2. The van der Waals surface area contributed by atoms with E-state index in [-0.39, 0.29) is 10.6 Å². The van der Waals surface area contributed by atoms with E-state index in [0.29, 0.717) is 12.4 Å². The summed E-state index contributed by atoms with van der Waals surface area (Å²) in [5.74, 6) is -0.616. The Bertz CT molecular complexity index is 599. The van der Waals surface area contributed by atoms with Gasteiger partial charge >= 0.3 is 5.97 Å². The van der Waals surface area contributed by atoms with Crippen LogP contribution in [0, 0.1) is 6.92 Å². The standard InChI is InChI=1S/C13H12ClN3O2/c1-8-2-3-9(5-15-8)6-16-12-4-10(13(18)19)11(14)7-17-12/h2-5,7H,6H2,1H3,(H,16,17)(H,18,19). The number of anilines is 1. The van der Waals surface area contributed by atoms with Crippen molar-refractivity contribution in [1.29, 1.82) is 0 Å². The number of hydrogen-bond donors (Lipinski definition) is 2. The highest BCUT2D eigenvalue weighted by atomic mass is 35.5. The molecule has 0 aromatic carbocycles. The monoisotopic (exact) mass is 277 g/mol. The van der Waals surface area contributed by atoms with Crippen molar-refractivity contribution in [2.45, 2.75) is 13.5 Å². The van der Waals surface area contributed by atoms with Gasteiger partial charge in [-0.05, 0) is 24.6 Å². The number of aromatic carboxylic acids is 1. The molecule has 0 saturated carbocycles. The van der Waals surface area contributed by atoms with Crippen LogP contribution in [0.15, 0.2) is 30.6 Å². The number of carboxylic acids is 1. The van der Waals surface area contributed by atoms with Gasteiger partial charge in [0.2, 0.25) is 0 Å². The second-order valence-electron chi connectivity index (χ2n) is 4.02. The number of rotatable bonds is 4. The van der Waals surface area contributed by atoms with Gasteiger partial charge in [-0.25, -0.2) is 9.78 Å². The molecule has 0 radical (unpaired) electrons. The number of carbonyl (C=O) groups is 1. The first kappa shape index (κ1) is 13.3. The third-order valence-electron chi connectivity index (χ3n) is 2.53. The Morgan fingerprint density at radius 2 is 2.16 bits per heavy atom. The molecular weight excluding hydrogens is 266 g/mol. The van der Waals surface area contributed by atoms with E-state index in [9.17, 15) is 4.79 Å². The second-order valence-corrected chi connectivity index (χ2v) is 4.42. The van der Waals surface area contributed by atoms with Crippen molar-refractivity contribution in [3.63, 3.8) is 0 Å². The van der Waals surface area contributed by atoms with E-state index < -0.39 is 5.97 Å². The molecule has 2 N–H and O–H groups in total. The maximum absolute atomic E-state index is 10.9. The van der Waals surface area contributed by atoms with E-state index >= 15 is 0 Å². The quantitative estimate of drug-likeness (QED) is 0.899. The topological polar surface area (TPSA) is 75.1 Å². The van der Waals surface area contributed by atoms with Gasteiger partial charge in [-0.3, -0.25) is 4.98 Å². The van der Waals surface area contributed by atoms with Gasteiger partial charge in [-0.15, -0.1) is 0 Å². The summed E-state index contributed by atoms with van der Waals surface area (Å²) >= 11 is 5.74. The molecule has 0 amide bonds. The van der Waals surface area contributed by atoms with Crippen molar-refractivity contribution in [3.05, 3.63) is 52.4 Å². The van der Waals surface area contributed by atoms with E-state index in [0.717, 1.165) is 11.3 Å². The fourth-order valence-electron chi connectivity index (χ4n) is 1.49. The molecule has 0 atom stereocenters. The fraction of sp³-hybridized carbons (Fsp3) is 0.154. The van der Waals surface area contributed by atoms with Gasteiger partial charge in [0.05, 0.1) is 10.6 Å². The molecule has 0 aliphatic heterocycles. The van der Waals surface area contributed by atoms with Crippen molar-refractivity contribution in [1.82, 2.24) is 9.97 Å². The van der Waals surface area contributed by atoms with E-state index in [1.807, 2.05) is 19.1 Å². The van der Waals surface area contributed by atoms with Crippen molar-refractivity contribution >= 4 is 23.4 Å². The number of carboxylic acid groups (broad SMARTS) is 1. The highest BCUT2D eigenvalue weighted by Gasteiger charge is 2.10. The zero-order chi connectivity index (χ0) is 13.8. The summed E-state index contributed by atoms with van der Waals surface area (Å²) in [5.41, 5.74) is 1.96. The number of aryl methyl sites for hydroxylation is 1. The van der Waals surface area contributed by atoms with Gasteiger partial charge in [0, 0.05) is 24.6 Å². The van der Waals surface area contributed by atoms with E-state index in [2.05, 4.69) is 15.3 Å². The van der Waals surface area contributed by atoms with Crippen LogP contribution in [0.2, 0.25) is 5.02 Å². The third kappa shape index (κ3) is 3.42. The Balaban J connectivity index is 2.09. The van der Waals surface area contributed by atoms with Crippen LogP contribution < -0.4 is 5.32 Å². The molecule has 0 aliphatic carbocycles. The largest absolute Gasteiger partial charge is 0.478 e. The summed E-state index contributed by atoms with van der Waals surface area (Å²) < 4.78 is 0. The van der Waals surface area contributed by atoms with E-state index in [1.54, 1.807) is 6.20 Å². The number of pyridine rings is 2. The van der Waals surface area contributed by atoms with Crippen LogP contribution >= 0.6 is 11.6 Å². The minimum Gasteiger partial charge on any atom is -0.478 e. The number of nitrogens with zero attached hydrogens (tertiary/aromatic N) is 2. The summed E-state index contributed by atoms with van der Waals surface area (Å²) in [6, 6.07) is 5.27. The number of hydrogen-bond acceptors (Lipinski definition) is 4. The summed E-state index contributed by atoms with van der Waals surface area (Å²) in [4.78, 5) is 19.1. The number of aromatic nitrogens is 2. The first-order chi connectivity index (χ1) is 9.06. The summed E-state index contributed by atoms with van der Waals surface area (Å²) in [6.45, 7) is 2.43. The van der Waals surface area contributed by atoms with Gasteiger partial charge in [0.15, 0.2) is 0 Å². The van der Waals surface area contributed by atoms with Gasteiger partial charge in [-0.1, -0.05) is 17.7 Å². The van der Waals surface area contributed by atoms with Crippen molar-refractivity contribution in [2.24, 2.45) is 0 Å². The lowest BCUT2D eigenvalue weighted by Crippen LogP contribution is -2.05. The predicted molar refractivity (Wildman–Crippen MR) is 72.5 cm³/mol. The molecule has 19 heavy (non-hydrogen) atoms. The summed E-state index contributed by atoms with van der Waals surface area (Å²) in [6.07, 6.45) is 3.08. The Hall–Kier alpha value is -2.14. The molecular formula is C13H12ClN3O2. The number of nitrogens with one attached hydrogen (secondary N) is 1. The Morgan fingerprint density at radius 1 is 1.37 bits per heavy atom. The van der Waals surface area contributed by atoms with Crippen molar-refractivity contribution in [3.8, 4) is 0 Å². The Labute approximate surface area is 115 Å². The average molecular weight is 278 g/mol. The molecule has 6 heteroatoms. The lowest BCUT2D eigenvalue weighted by molar-refractivity contribution is 0.0697. The number of halogens is 1. The van der Waals surface area contributed by atoms with Crippen LogP contribution in [-0.2, 0) is 6.54 Å². The molecule has 0 saturated heterocycles. The van der Waals surface area contributed by atoms with Gasteiger partial charge in [-0.2, -0.15) is 0 Å². The zero-order valence-electron chi connectivity index (χ0n) is 10.2. The molecule has 0 bridgehead atoms. The van der Waals surface area contributed by atoms with Crippen molar-refractivity contribution < 1.29 is 9.90 Å². The van der Waals surface area contributed by atoms with Gasteiger partial charge in [0.25, 0.3) is 0 Å². The van der Waals surface area contributed by atoms with Gasteiger partial charge in [0.1, 0.15) is 5.82 Å². The molecule has 0 fully saturated rings. The van der Waals surface area contributed by atoms with E-state index in [1.165, 1.54) is 12.3 Å². The van der Waals surface area contributed by atoms with Crippen LogP contribution in [0.1, 0.15) is 21.6 Å². The highest BCUT2D eigenvalue weighted by Crippen LogP contribution is 2.18. The molecule has 98 valence electrons. The summed E-state index contributed by atoms with van der Waals surface area (Å²) in [7, 11) is 0. The average Bonchev–Trinajstić information content (AvgIpc) is 2.39. The Kier molecular flexibility index (Phi) is 3.97. The lowest BCUT2D eigenvalue weighted by atomic mass is 10.2. The molecule has 2 aromatic heterocycles. The lowest BCUT2D eigenvalue weighted by Gasteiger charge is -2.07. The molecule has 2 heterocycles. The summed E-state index contributed by atoms with van der Waals surface area (Å²) in [5, 5.41) is 12.1. The van der Waals surface area contributed by atoms with Crippen LogP contribution in [-0.4, -0.2) is 21.0 Å². The second kappa shape index (κ2) is 5.67. The van der Waals surface area contributed by atoms with Crippen LogP contribution in [0.3, 0.4) is 0 Å². The smallest absolute Gasteiger partial charge is 0.337 e. The molecule has 2 aromatic rings. The Morgan fingerprint density at radius 3 is 2.79 bits per heavy atom. The highest BCUT2D eigenvalue weighted by molar-refractivity contribution is 6.33. The maximum atomic E-state index is 10.9. The molecule has 0 unspecified atom stereocenters. The van der Waals surface area contributed by atoms with Crippen LogP contribution in [0.25, 0.3) is 0 Å². The van der Waals surface area contributed by atoms with Crippen LogP contribution in [0.5, 0.6) is 0 Å². The predicted octanol–water partition coefficient (Wildman–Crippen LogP) is 2.75. The molecule has 0 aliphatic rings. The third-order valence-corrected chi connectivity index (χ3v) is 2.83. The first-order valence-corrected chi connectivity index (χ1v) is 5.98. The van der Waals surface area contributed by atoms with Gasteiger partial charge < -0.3 is 10.4 Å². The van der Waals surface area contributed by atoms with E-state index in [4.69, 9.17) is 16.7 Å². The SMILES string of the molecule is Cc1ccc(CNc2cc(C(=O)O)c(Cl)cn2)cn1. The zero-order valence-corrected chi connectivity index (χ0v) is 11.0. The first-order valence-electron chi connectivity index (χ1n) is 5.60. The molecule has 0 spiro atoms. The van der Waals surface area contributed by atoms with Crippen LogP contribution in [0.4, 0.5) is 5.82 Å². The molecule has 2 rings (SSSR count).